The number of hydrogen-bond donors (Lipinski definition) is 1. The standard InChI is InChI=1S/C23H30N2O3S/c1-16-10-17(2)12-20(11-16)14-29-15-22(26)25(18(3)23(27)24-4)13-19-6-8-21(28-5)9-7-19/h6-12,18H,13-15H2,1-5H3,(H,24,27)/t18-/m0/s1. The molecule has 2 aromatic rings. The van der Waals surface area contributed by atoms with E-state index < -0.39 is 6.04 Å². The van der Waals surface area contributed by atoms with Gasteiger partial charge in [0.25, 0.3) is 0 Å². The summed E-state index contributed by atoms with van der Waals surface area (Å²) in [5, 5.41) is 2.64. The first-order valence-electron chi connectivity index (χ1n) is 9.63. The topological polar surface area (TPSA) is 58.6 Å². The van der Waals surface area contributed by atoms with Crippen molar-refractivity contribution in [3.8, 4) is 5.75 Å². The highest BCUT2D eigenvalue weighted by Gasteiger charge is 2.25. The van der Waals surface area contributed by atoms with Crippen LogP contribution < -0.4 is 10.1 Å². The van der Waals surface area contributed by atoms with Gasteiger partial charge in [-0.25, -0.2) is 0 Å². The lowest BCUT2D eigenvalue weighted by Crippen LogP contribution is -2.47. The highest BCUT2D eigenvalue weighted by molar-refractivity contribution is 7.99. The fourth-order valence-electron chi connectivity index (χ4n) is 3.21. The van der Waals surface area contributed by atoms with Crippen molar-refractivity contribution in [1.29, 1.82) is 0 Å². The van der Waals surface area contributed by atoms with Crippen molar-refractivity contribution in [3.63, 3.8) is 0 Å². The van der Waals surface area contributed by atoms with E-state index in [0.29, 0.717) is 12.3 Å². The van der Waals surface area contributed by atoms with Gasteiger partial charge in [-0.1, -0.05) is 41.5 Å². The van der Waals surface area contributed by atoms with E-state index in [1.807, 2.05) is 24.3 Å². The van der Waals surface area contributed by atoms with Crippen LogP contribution in [0.5, 0.6) is 5.75 Å². The minimum atomic E-state index is -0.545. The lowest BCUT2D eigenvalue weighted by Gasteiger charge is -2.28. The number of likely N-dealkylation sites (N-methyl/N-ethyl adjacent to an activating group) is 1. The van der Waals surface area contributed by atoms with Crippen LogP contribution in [0.3, 0.4) is 0 Å². The summed E-state index contributed by atoms with van der Waals surface area (Å²) in [5.41, 5.74) is 4.61. The molecule has 156 valence electrons. The van der Waals surface area contributed by atoms with E-state index >= 15 is 0 Å². The fourth-order valence-corrected chi connectivity index (χ4v) is 4.06. The Morgan fingerprint density at radius 2 is 1.69 bits per heavy atom. The Morgan fingerprint density at radius 1 is 1.07 bits per heavy atom. The molecule has 5 nitrogen and oxygen atoms in total. The molecule has 0 aliphatic rings. The average Bonchev–Trinajstić information content (AvgIpc) is 2.70. The maximum atomic E-state index is 13.0. The number of aryl methyl sites for hydroxylation is 2. The van der Waals surface area contributed by atoms with E-state index in [2.05, 4.69) is 37.4 Å². The summed E-state index contributed by atoms with van der Waals surface area (Å²) in [5.74, 6) is 1.62. The van der Waals surface area contributed by atoms with Crippen molar-refractivity contribution >= 4 is 23.6 Å². The zero-order valence-electron chi connectivity index (χ0n) is 17.8. The zero-order valence-corrected chi connectivity index (χ0v) is 18.6. The fraction of sp³-hybridized carbons (Fsp3) is 0.391. The van der Waals surface area contributed by atoms with E-state index in [-0.39, 0.29) is 11.8 Å². The Bertz CT molecular complexity index is 816. The Balaban J connectivity index is 2.05. The van der Waals surface area contributed by atoms with Crippen LogP contribution >= 0.6 is 11.8 Å². The molecule has 2 amide bonds. The number of nitrogens with one attached hydrogen (secondary N) is 1. The lowest BCUT2D eigenvalue weighted by atomic mass is 10.1. The number of hydrogen-bond acceptors (Lipinski definition) is 4. The third-order valence-electron chi connectivity index (χ3n) is 4.70. The number of amides is 2. The van der Waals surface area contributed by atoms with Crippen LogP contribution in [0.2, 0.25) is 0 Å². The number of nitrogens with zero attached hydrogens (tertiary/aromatic N) is 1. The minimum absolute atomic E-state index is 0.0497. The summed E-state index contributed by atoms with van der Waals surface area (Å²) in [7, 11) is 3.20. The Hall–Kier alpha value is -2.47. The van der Waals surface area contributed by atoms with Crippen molar-refractivity contribution in [1.82, 2.24) is 10.2 Å². The third-order valence-corrected chi connectivity index (χ3v) is 5.69. The molecule has 2 rings (SSSR count). The van der Waals surface area contributed by atoms with Gasteiger partial charge in [-0.05, 0) is 44.0 Å². The summed E-state index contributed by atoms with van der Waals surface area (Å²) in [6, 6.07) is 13.4. The van der Waals surface area contributed by atoms with Gasteiger partial charge in [-0.3, -0.25) is 9.59 Å². The molecule has 2 aromatic carbocycles. The average molecular weight is 415 g/mol. The zero-order chi connectivity index (χ0) is 21.4. The normalized spacial score (nSPS) is 11.6. The summed E-state index contributed by atoms with van der Waals surface area (Å²) in [4.78, 5) is 26.8. The molecule has 1 N–H and O–H groups in total. The van der Waals surface area contributed by atoms with Gasteiger partial charge in [0, 0.05) is 19.3 Å². The monoisotopic (exact) mass is 414 g/mol. The number of rotatable bonds is 9. The molecule has 0 saturated carbocycles. The molecule has 0 aliphatic heterocycles. The van der Waals surface area contributed by atoms with E-state index in [4.69, 9.17) is 4.74 Å². The molecule has 0 aromatic heterocycles. The van der Waals surface area contributed by atoms with Gasteiger partial charge in [-0.15, -0.1) is 11.8 Å². The highest BCUT2D eigenvalue weighted by Crippen LogP contribution is 2.19. The summed E-state index contributed by atoms with van der Waals surface area (Å²) in [6.45, 7) is 6.29. The number of carbonyl (C=O) groups is 2. The Kier molecular flexibility index (Phi) is 8.58. The van der Waals surface area contributed by atoms with Crippen molar-refractivity contribution in [2.45, 2.75) is 39.1 Å². The van der Waals surface area contributed by atoms with E-state index in [9.17, 15) is 9.59 Å². The largest absolute Gasteiger partial charge is 0.497 e. The molecule has 0 fully saturated rings. The van der Waals surface area contributed by atoms with Crippen molar-refractivity contribution in [3.05, 3.63) is 64.7 Å². The lowest BCUT2D eigenvalue weighted by molar-refractivity contribution is -0.138. The number of benzene rings is 2. The predicted octanol–water partition coefficient (Wildman–Crippen LogP) is 3.71. The SMILES string of the molecule is CNC(=O)[C@H](C)N(Cc1ccc(OC)cc1)C(=O)CSCc1cc(C)cc(C)c1. The first-order chi connectivity index (χ1) is 13.8. The first-order valence-corrected chi connectivity index (χ1v) is 10.8. The molecular formula is C23H30N2O3S. The molecule has 0 radical (unpaired) electrons. The molecule has 0 bridgehead atoms. The second-order valence-electron chi connectivity index (χ2n) is 7.15. The molecule has 0 unspecified atom stereocenters. The predicted molar refractivity (Wildman–Crippen MR) is 119 cm³/mol. The quantitative estimate of drug-likeness (QED) is 0.680. The van der Waals surface area contributed by atoms with Gasteiger partial charge in [-0.2, -0.15) is 0 Å². The van der Waals surface area contributed by atoms with Gasteiger partial charge >= 0.3 is 0 Å². The molecule has 29 heavy (non-hydrogen) atoms. The summed E-state index contributed by atoms with van der Waals surface area (Å²) in [6.07, 6.45) is 0. The van der Waals surface area contributed by atoms with Gasteiger partial charge in [0.15, 0.2) is 0 Å². The third kappa shape index (κ3) is 6.82. The smallest absolute Gasteiger partial charge is 0.242 e. The van der Waals surface area contributed by atoms with Gasteiger partial charge in [0.05, 0.1) is 12.9 Å². The van der Waals surface area contributed by atoms with E-state index in [0.717, 1.165) is 17.1 Å². The Morgan fingerprint density at radius 3 is 2.24 bits per heavy atom. The molecule has 6 heteroatoms. The van der Waals surface area contributed by atoms with E-state index in [1.165, 1.54) is 16.7 Å². The molecular weight excluding hydrogens is 384 g/mol. The van der Waals surface area contributed by atoms with E-state index in [1.54, 1.807) is 37.7 Å². The maximum absolute atomic E-state index is 13.0. The number of methoxy groups -OCH3 is 1. The van der Waals surface area contributed by atoms with Crippen molar-refractivity contribution in [2.24, 2.45) is 0 Å². The van der Waals surface area contributed by atoms with Crippen molar-refractivity contribution in [2.75, 3.05) is 19.9 Å². The number of carbonyl (C=O) groups excluding carboxylic acids is 2. The van der Waals surface area contributed by atoms with Crippen LogP contribution in [0.25, 0.3) is 0 Å². The number of thioether (sulfide) groups is 1. The van der Waals surface area contributed by atoms with Gasteiger partial charge < -0.3 is 15.0 Å². The second kappa shape index (κ2) is 10.9. The highest BCUT2D eigenvalue weighted by atomic mass is 32.2. The van der Waals surface area contributed by atoms with Crippen LogP contribution in [-0.2, 0) is 21.9 Å². The second-order valence-corrected chi connectivity index (χ2v) is 8.13. The molecule has 0 aliphatic carbocycles. The molecule has 0 saturated heterocycles. The van der Waals surface area contributed by atoms with Crippen LogP contribution in [0.4, 0.5) is 0 Å². The molecule has 0 spiro atoms. The summed E-state index contributed by atoms with van der Waals surface area (Å²) >= 11 is 1.57. The molecule has 0 heterocycles. The van der Waals surface area contributed by atoms with Gasteiger partial charge in [0.1, 0.15) is 11.8 Å². The van der Waals surface area contributed by atoms with Crippen LogP contribution in [0, 0.1) is 13.8 Å². The van der Waals surface area contributed by atoms with Crippen LogP contribution in [0.15, 0.2) is 42.5 Å². The number of ether oxygens (including phenoxy) is 1. The van der Waals surface area contributed by atoms with Crippen LogP contribution in [0.1, 0.15) is 29.2 Å². The first kappa shape index (κ1) is 22.8. The Labute approximate surface area is 177 Å². The van der Waals surface area contributed by atoms with Crippen LogP contribution in [-0.4, -0.2) is 42.7 Å². The molecule has 1 atom stereocenters. The minimum Gasteiger partial charge on any atom is -0.497 e. The van der Waals surface area contributed by atoms with Gasteiger partial charge in [0.2, 0.25) is 11.8 Å². The summed E-state index contributed by atoms with van der Waals surface area (Å²) < 4.78 is 5.19. The van der Waals surface area contributed by atoms with Crippen molar-refractivity contribution < 1.29 is 14.3 Å². The maximum Gasteiger partial charge on any atom is 0.242 e.